The molecule has 0 atom stereocenters. The number of methoxy groups -OCH3 is 1. The minimum atomic E-state index is -0.341. The van der Waals surface area contributed by atoms with E-state index in [1.54, 1.807) is 13.2 Å². The molecule has 1 aromatic carbocycles. The zero-order chi connectivity index (χ0) is 11.5. The molecule has 0 spiro atoms. The number of hydrogen-bond donors (Lipinski definition) is 1. The lowest BCUT2D eigenvalue weighted by Crippen LogP contribution is -2.17. The molecule has 0 aliphatic heterocycles. The highest BCUT2D eigenvalue weighted by Gasteiger charge is 2.06. The number of imidazole rings is 1. The van der Waals surface area contributed by atoms with Crippen LogP contribution in [0, 0.1) is 5.82 Å². The van der Waals surface area contributed by atoms with Crippen LogP contribution in [-0.2, 0) is 11.3 Å². The Labute approximate surface area is 91.7 Å². The quantitative estimate of drug-likeness (QED) is 0.800. The van der Waals surface area contributed by atoms with Gasteiger partial charge in [-0.05, 0) is 24.6 Å². The largest absolute Gasteiger partial charge is 0.385 e. The molecule has 16 heavy (non-hydrogen) atoms. The first-order valence-corrected chi connectivity index (χ1v) is 5.09. The molecule has 0 radical (unpaired) electrons. The van der Waals surface area contributed by atoms with Gasteiger partial charge in [0.2, 0.25) is 0 Å². The van der Waals surface area contributed by atoms with Gasteiger partial charge in [-0.15, -0.1) is 0 Å². The summed E-state index contributed by atoms with van der Waals surface area (Å²) in [6, 6.07) is 4.26. The first-order valence-electron chi connectivity index (χ1n) is 5.09. The van der Waals surface area contributed by atoms with Gasteiger partial charge in [0.1, 0.15) is 5.82 Å². The number of fused-ring (bicyclic) bond motifs is 1. The van der Waals surface area contributed by atoms with E-state index in [-0.39, 0.29) is 11.5 Å². The number of nitrogens with one attached hydrogen (secondary N) is 1. The Hall–Kier alpha value is -1.62. The number of aryl methyl sites for hydroxylation is 1. The van der Waals surface area contributed by atoms with Crippen LogP contribution in [0.2, 0.25) is 0 Å². The van der Waals surface area contributed by atoms with E-state index in [1.807, 2.05) is 0 Å². The average Bonchev–Trinajstić information content (AvgIpc) is 2.56. The summed E-state index contributed by atoms with van der Waals surface area (Å²) in [5.41, 5.74) is 1.04. The molecule has 1 aromatic heterocycles. The molecule has 2 rings (SSSR count). The van der Waals surface area contributed by atoms with E-state index in [4.69, 9.17) is 4.74 Å². The first kappa shape index (κ1) is 10.9. The summed E-state index contributed by atoms with van der Waals surface area (Å²) in [4.78, 5) is 14.3. The fourth-order valence-corrected chi connectivity index (χ4v) is 1.71. The molecule has 1 N–H and O–H groups in total. The molecular weight excluding hydrogens is 211 g/mol. The van der Waals surface area contributed by atoms with Gasteiger partial charge in [0.05, 0.1) is 11.0 Å². The predicted molar refractivity (Wildman–Crippen MR) is 59.0 cm³/mol. The molecular formula is C11H13FN2O2. The number of aromatic nitrogens is 2. The first-order chi connectivity index (χ1) is 7.72. The van der Waals surface area contributed by atoms with Crippen molar-refractivity contribution in [3.63, 3.8) is 0 Å². The Bertz CT molecular complexity index is 544. The number of nitrogens with zero attached hydrogens (tertiary/aromatic N) is 1. The summed E-state index contributed by atoms with van der Waals surface area (Å²) < 4.78 is 19.5. The van der Waals surface area contributed by atoms with Gasteiger partial charge in [0, 0.05) is 20.3 Å². The van der Waals surface area contributed by atoms with Crippen molar-refractivity contribution in [2.24, 2.45) is 0 Å². The molecule has 0 fully saturated rings. The molecule has 0 unspecified atom stereocenters. The van der Waals surface area contributed by atoms with Crippen LogP contribution < -0.4 is 5.69 Å². The number of benzene rings is 1. The predicted octanol–water partition coefficient (Wildman–Crippen LogP) is 1.51. The lowest BCUT2D eigenvalue weighted by atomic mass is 10.3. The van der Waals surface area contributed by atoms with E-state index in [2.05, 4.69) is 4.98 Å². The molecule has 0 saturated heterocycles. The maximum absolute atomic E-state index is 13.1. The maximum Gasteiger partial charge on any atom is 0.326 e. The maximum atomic E-state index is 13.1. The monoisotopic (exact) mass is 224 g/mol. The third kappa shape index (κ3) is 1.99. The number of H-pyrrole nitrogens is 1. The summed E-state index contributed by atoms with van der Waals surface area (Å²) in [6.07, 6.45) is 0.722. The molecule has 0 aliphatic carbocycles. The second-order valence-corrected chi connectivity index (χ2v) is 3.59. The van der Waals surface area contributed by atoms with E-state index in [9.17, 15) is 9.18 Å². The minimum absolute atomic E-state index is 0.211. The zero-order valence-electron chi connectivity index (χ0n) is 9.00. The fraction of sp³-hybridized carbons (Fsp3) is 0.364. The van der Waals surface area contributed by atoms with Crippen LogP contribution >= 0.6 is 0 Å². The second kappa shape index (κ2) is 4.49. The number of aromatic amines is 1. The normalized spacial score (nSPS) is 11.1. The molecule has 0 saturated carbocycles. The summed E-state index contributed by atoms with van der Waals surface area (Å²) in [7, 11) is 1.61. The zero-order valence-corrected chi connectivity index (χ0v) is 9.00. The van der Waals surface area contributed by atoms with Crippen LogP contribution in [-0.4, -0.2) is 23.3 Å². The van der Waals surface area contributed by atoms with Crippen molar-refractivity contribution in [2.75, 3.05) is 13.7 Å². The van der Waals surface area contributed by atoms with Crippen LogP contribution in [0.1, 0.15) is 6.42 Å². The summed E-state index contributed by atoms with van der Waals surface area (Å²) in [5, 5.41) is 0. The summed E-state index contributed by atoms with van der Waals surface area (Å²) in [5.74, 6) is -0.341. The number of halogens is 1. The van der Waals surface area contributed by atoms with Crippen LogP contribution in [0.3, 0.4) is 0 Å². The van der Waals surface area contributed by atoms with Crippen molar-refractivity contribution in [3.05, 3.63) is 34.5 Å². The molecule has 0 aliphatic rings. The molecule has 1 heterocycles. The lowest BCUT2D eigenvalue weighted by molar-refractivity contribution is 0.190. The Kier molecular flexibility index (Phi) is 3.05. The van der Waals surface area contributed by atoms with E-state index in [1.165, 1.54) is 16.7 Å². The van der Waals surface area contributed by atoms with Crippen molar-refractivity contribution in [1.29, 1.82) is 0 Å². The molecule has 4 nitrogen and oxygen atoms in total. The summed E-state index contributed by atoms with van der Waals surface area (Å²) >= 11 is 0. The molecule has 0 amide bonds. The second-order valence-electron chi connectivity index (χ2n) is 3.59. The van der Waals surface area contributed by atoms with Crippen LogP contribution in [0.4, 0.5) is 4.39 Å². The van der Waals surface area contributed by atoms with Crippen molar-refractivity contribution >= 4 is 11.0 Å². The van der Waals surface area contributed by atoms with E-state index < -0.39 is 0 Å². The van der Waals surface area contributed by atoms with E-state index in [0.29, 0.717) is 24.2 Å². The Morgan fingerprint density at radius 3 is 3.06 bits per heavy atom. The van der Waals surface area contributed by atoms with Gasteiger partial charge in [0.25, 0.3) is 0 Å². The van der Waals surface area contributed by atoms with Gasteiger partial charge >= 0.3 is 5.69 Å². The van der Waals surface area contributed by atoms with Crippen molar-refractivity contribution < 1.29 is 9.13 Å². The standard InChI is InChI=1S/C11H13FN2O2/c1-16-6-2-5-14-10-7-8(12)3-4-9(10)13-11(14)15/h3-4,7H,2,5-6H2,1H3,(H,13,15). The Morgan fingerprint density at radius 1 is 1.50 bits per heavy atom. The number of hydrogen-bond acceptors (Lipinski definition) is 2. The van der Waals surface area contributed by atoms with Crippen molar-refractivity contribution in [1.82, 2.24) is 9.55 Å². The highest BCUT2D eigenvalue weighted by Crippen LogP contribution is 2.12. The Balaban J connectivity index is 2.38. The fourth-order valence-electron chi connectivity index (χ4n) is 1.71. The van der Waals surface area contributed by atoms with Gasteiger partial charge < -0.3 is 9.72 Å². The molecule has 2 aromatic rings. The Morgan fingerprint density at radius 2 is 2.31 bits per heavy atom. The molecule has 5 heteroatoms. The van der Waals surface area contributed by atoms with Gasteiger partial charge in [-0.25, -0.2) is 9.18 Å². The molecule has 0 bridgehead atoms. The summed E-state index contributed by atoms with van der Waals surface area (Å²) in [6.45, 7) is 1.10. The van der Waals surface area contributed by atoms with Crippen LogP contribution in [0.5, 0.6) is 0 Å². The van der Waals surface area contributed by atoms with Gasteiger partial charge in [-0.1, -0.05) is 0 Å². The van der Waals surface area contributed by atoms with Crippen molar-refractivity contribution in [3.8, 4) is 0 Å². The average molecular weight is 224 g/mol. The van der Waals surface area contributed by atoms with Crippen LogP contribution in [0.15, 0.2) is 23.0 Å². The van der Waals surface area contributed by atoms with Gasteiger partial charge in [-0.2, -0.15) is 0 Å². The molecule has 86 valence electrons. The topological polar surface area (TPSA) is 47.0 Å². The van der Waals surface area contributed by atoms with Gasteiger partial charge in [-0.3, -0.25) is 4.57 Å². The third-order valence-electron chi connectivity index (χ3n) is 2.47. The number of ether oxygens (including phenoxy) is 1. The van der Waals surface area contributed by atoms with Crippen molar-refractivity contribution in [2.45, 2.75) is 13.0 Å². The smallest absolute Gasteiger partial charge is 0.326 e. The third-order valence-corrected chi connectivity index (χ3v) is 2.47. The highest BCUT2D eigenvalue weighted by atomic mass is 19.1. The van der Waals surface area contributed by atoms with E-state index in [0.717, 1.165) is 6.42 Å². The lowest BCUT2D eigenvalue weighted by Gasteiger charge is -2.02. The number of rotatable bonds is 4. The van der Waals surface area contributed by atoms with Crippen LogP contribution in [0.25, 0.3) is 11.0 Å². The van der Waals surface area contributed by atoms with Gasteiger partial charge in [0.15, 0.2) is 0 Å². The highest BCUT2D eigenvalue weighted by molar-refractivity contribution is 5.75. The SMILES string of the molecule is COCCCn1c(=O)[nH]c2ccc(F)cc21. The van der Waals surface area contributed by atoms with E-state index >= 15 is 0 Å². The minimum Gasteiger partial charge on any atom is -0.385 e.